The number of hydrogen-bond acceptors (Lipinski definition) is 4. The van der Waals surface area contributed by atoms with Crippen LogP contribution in [0.15, 0.2) is 0 Å². The quantitative estimate of drug-likeness (QED) is 0.356. The third-order valence-electron chi connectivity index (χ3n) is 0.653. The van der Waals surface area contributed by atoms with Crippen LogP contribution in [-0.2, 0) is 7.05 Å². The Morgan fingerprint density at radius 3 is 2.50 bits per heavy atom. The van der Waals surface area contributed by atoms with Gasteiger partial charge in [0.15, 0.2) is 0 Å². The largest absolute Gasteiger partial charge is 1.00 e. The van der Waals surface area contributed by atoms with Gasteiger partial charge in [-0.3, -0.25) is 0 Å². The van der Waals surface area contributed by atoms with Gasteiger partial charge >= 0.3 is 29.6 Å². The average Bonchev–Trinajstić information content (AvgIpc) is 1.91. The molecule has 0 radical (unpaired) electrons. The van der Waals surface area contributed by atoms with E-state index in [-0.39, 0.29) is 31.0 Å². The summed E-state index contributed by atoms with van der Waals surface area (Å²) in [6.45, 7) is 0. The van der Waals surface area contributed by atoms with Gasteiger partial charge in [-0.25, -0.2) is 4.68 Å². The van der Waals surface area contributed by atoms with Crippen LogP contribution in [0.1, 0.15) is 1.43 Å². The van der Waals surface area contributed by atoms with Crippen molar-refractivity contribution in [3.8, 4) is 0 Å². The Balaban J connectivity index is 0. The van der Waals surface area contributed by atoms with Gasteiger partial charge in [-0.15, -0.1) is 0 Å². The molecule has 0 spiro atoms. The Morgan fingerprint density at radius 1 is 1.75 bits per heavy atom. The van der Waals surface area contributed by atoms with Crippen LogP contribution in [-0.4, -0.2) is 20.2 Å². The minimum Gasteiger partial charge on any atom is -1.00 e. The molecule has 1 rings (SSSR count). The van der Waals surface area contributed by atoms with E-state index in [2.05, 4.69) is 15.5 Å². The second-order valence-electron chi connectivity index (χ2n) is 1.16. The van der Waals surface area contributed by atoms with Crippen molar-refractivity contribution in [2.24, 2.45) is 7.05 Å². The van der Waals surface area contributed by atoms with E-state index in [0.717, 1.165) is 0 Å². The number of rotatable bonds is 0. The number of nitrogen functional groups attached to an aromatic ring is 1. The monoisotopic (exact) mass is 123 g/mol. The summed E-state index contributed by atoms with van der Waals surface area (Å²) < 4.78 is 1.39. The minimum atomic E-state index is 0. The second-order valence-corrected chi connectivity index (χ2v) is 1.16. The number of tetrazole rings is 1. The standard InChI is InChI=1S/C2H5N5.Na.H/c1-7-2(3)4-5-6-7;;/h1H3,(H2,3,4,6);;/q;+1;-1. The van der Waals surface area contributed by atoms with Gasteiger partial charge < -0.3 is 7.16 Å². The molecule has 40 valence electrons. The summed E-state index contributed by atoms with van der Waals surface area (Å²) in [5, 5.41) is 10.1. The summed E-state index contributed by atoms with van der Waals surface area (Å²) in [6, 6.07) is 0. The number of nitrogens with zero attached hydrogens (tertiary/aromatic N) is 4. The number of aryl methyl sites for hydroxylation is 1. The summed E-state index contributed by atoms with van der Waals surface area (Å²) >= 11 is 0. The molecule has 0 aromatic carbocycles. The molecule has 1 aromatic heterocycles. The molecule has 0 saturated carbocycles. The molecule has 2 N–H and O–H groups in total. The maximum Gasteiger partial charge on any atom is 1.00 e. The summed E-state index contributed by atoms with van der Waals surface area (Å²) in [6.07, 6.45) is 0. The summed E-state index contributed by atoms with van der Waals surface area (Å²) in [5.41, 5.74) is 5.17. The number of hydrogen-bond donors (Lipinski definition) is 1. The molecule has 0 fully saturated rings. The van der Waals surface area contributed by atoms with Gasteiger partial charge in [0, 0.05) is 7.05 Å². The first-order valence-corrected chi connectivity index (χ1v) is 1.78. The molecule has 0 aliphatic heterocycles. The molecule has 0 aliphatic carbocycles. The van der Waals surface area contributed by atoms with Crippen molar-refractivity contribution in [2.45, 2.75) is 0 Å². The molecule has 0 saturated heterocycles. The predicted octanol–water partition coefficient (Wildman–Crippen LogP) is -4.09. The molecule has 0 aliphatic rings. The molecule has 0 amide bonds. The predicted molar refractivity (Wildman–Crippen MR) is 24.3 cm³/mol. The zero-order valence-electron chi connectivity index (χ0n) is 5.87. The Bertz CT molecular complexity index is 147. The van der Waals surface area contributed by atoms with Crippen LogP contribution in [0.25, 0.3) is 0 Å². The van der Waals surface area contributed by atoms with Crippen LogP contribution in [0, 0.1) is 0 Å². The van der Waals surface area contributed by atoms with E-state index in [9.17, 15) is 0 Å². The van der Waals surface area contributed by atoms with Gasteiger partial charge in [0.25, 0.3) is 0 Å². The van der Waals surface area contributed by atoms with Crippen LogP contribution >= 0.6 is 0 Å². The third kappa shape index (κ3) is 1.43. The Hall–Kier alpha value is -0.130. The first-order chi connectivity index (χ1) is 3.30. The van der Waals surface area contributed by atoms with Gasteiger partial charge in [0.1, 0.15) is 0 Å². The fraction of sp³-hybridized carbons (Fsp3) is 0.500. The van der Waals surface area contributed by atoms with Crippen molar-refractivity contribution in [1.82, 2.24) is 20.2 Å². The normalized spacial score (nSPS) is 8.12. The average molecular weight is 123 g/mol. The number of anilines is 1. The van der Waals surface area contributed by atoms with Gasteiger partial charge in [-0.2, -0.15) is 0 Å². The van der Waals surface area contributed by atoms with Crippen molar-refractivity contribution in [3.05, 3.63) is 0 Å². The smallest absolute Gasteiger partial charge is 1.00 e. The molecule has 1 heterocycles. The van der Waals surface area contributed by atoms with E-state index < -0.39 is 0 Å². The zero-order chi connectivity index (χ0) is 5.28. The van der Waals surface area contributed by atoms with Crippen molar-refractivity contribution >= 4 is 5.95 Å². The molecule has 1 aromatic rings. The molecule has 0 atom stereocenters. The van der Waals surface area contributed by atoms with Gasteiger partial charge in [-0.1, -0.05) is 5.10 Å². The fourth-order valence-corrected chi connectivity index (χ4v) is 0.236. The van der Waals surface area contributed by atoms with E-state index in [0.29, 0.717) is 5.95 Å². The summed E-state index contributed by atoms with van der Waals surface area (Å²) in [4.78, 5) is 0. The summed E-state index contributed by atoms with van der Waals surface area (Å²) in [7, 11) is 1.68. The SMILES string of the molecule is Cn1nnnc1N.[H-].[Na+]. The summed E-state index contributed by atoms with van der Waals surface area (Å²) in [5.74, 6) is 0.333. The van der Waals surface area contributed by atoms with E-state index in [4.69, 9.17) is 5.73 Å². The Labute approximate surface area is 70.0 Å². The Kier molecular flexibility index (Phi) is 2.96. The molecule has 5 nitrogen and oxygen atoms in total. The van der Waals surface area contributed by atoms with Gasteiger partial charge in [0.05, 0.1) is 0 Å². The molecule has 8 heavy (non-hydrogen) atoms. The van der Waals surface area contributed by atoms with Crippen molar-refractivity contribution < 1.29 is 31.0 Å². The molecule has 0 bridgehead atoms. The first-order valence-electron chi connectivity index (χ1n) is 1.78. The number of aromatic nitrogens is 4. The zero-order valence-corrected chi connectivity index (χ0v) is 6.87. The molecule has 0 unspecified atom stereocenters. The molecular weight excluding hydrogens is 117 g/mol. The van der Waals surface area contributed by atoms with Crippen LogP contribution in [0.2, 0.25) is 0 Å². The second kappa shape index (κ2) is 3.01. The maximum absolute atomic E-state index is 5.17. The van der Waals surface area contributed by atoms with E-state index >= 15 is 0 Å². The fourth-order valence-electron chi connectivity index (χ4n) is 0.236. The molecular formula is C2H6N5Na. The minimum absolute atomic E-state index is 0. The van der Waals surface area contributed by atoms with Crippen LogP contribution in [0.5, 0.6) is 0 Å². The topological polar surface area (TPSA) is 69.6 Å². The number of nitrogens with two attached hydrogens (primary N) is 1. The van der Waals surface area contributed by atoms with Crippen molar-refractivity contribution in [3.63, 3.8) is 0 Å². The third-order valence-corrected chi connectivity index (χ3v) is 0.653. The first kappa shape index (κ1) is 7.87. The van der Waals surface area contributed by atoms with Crippen LogP contribution < -0.4 is 35.3 Å². The molecule has 6 heteroatoms. The van der Waals surface area contributed by atoms with Gasteiger partial charge in [0.2, 0.25) is 5.95 Å². The maximum atomic E-state index is 5.17. The Morgan fingerprint density at radius 2 is 2.38 bits per heavy atom. The van der Waals surface area contributed by atoms with Crippen molar-refractivity contribution in [1.29, 1.82) is 0 Å². The van der Waals surface area contributed by atoms with E-state index in [1.807, 2.05) is 0 Å². The van der Waals surface area contributed by atoms with Gasteiger partial charge in [-0.05, 0) is 10.4 Å². The van der Waals surface area contributed by atoms with E-state index in [1.54, 1.807) is 7.05 Å². The van der Waals surface area contributed by atoms with Crippen LogP contribution in [0.3, 0.4) is 0 Å². The van der Waals surface area contributed by atoms with E-state index in [1.165, 1.54) is 4.68 Å². The van der Waals surface area contributed by atoms with Crippen LogP contribution in [0.4, 0.5) is 5.95 Å². The van der Waals surface area contributed by atoms with Crippen molar-refractivity contribution in [2.75, 3.05) is 5.73 Å².